The van der Waals surface area contributed by atoms with E-state index < -0.39 is 20.6 Å². The Hall–Kier alpha value is -2.24. The Morgan fingerprint density at radius 3 is 2.71 bits per heavy atom. The lowest BCUT2D eigenvalue weighted by Gasteiger charge is -2.05. The first kappa shape index (κ1) is 16.6. The van der Waals surface area contributed by atoms with Gasteiger partial charge in [0.05, 0.1) is 15.5 Å². The van der Waals surface area contributed by atoms with Gasteiger partial charge in [0.2, 0.25) is 4.96 Å². The molecule has 0 unspecified atom stereocenters. The van der Waals surface area contributed by atoms with Crippen molar-refractivity contribution in [2.24, 2.45) is 0 Å². The van der Waals surface area contributed by atoms with Crippen LogP contribution in [-0.2, 0) is 10.0 Å². The Morgan fingerprint density at radius 2 is 2.08 bits per heavy atom. The molecule has 0 saturated heterocycles. The van der Waals surface area contributed by atoms with Gasteiger partial charge >= 0.3 is 0 Å². The summed E-state index contributed by atoms with van der Waals surface area (Å²) in [6.07, 6.45) is 0. The third-order valence-corrected chi connectivity index (χ3v) is 5.99. The van der Waals surface area contributed by atoms with Crippen LogP contribution < -0.4 is 4.72 Å². The molecule has 2 heterocycles. The third kappa shape index (κ3) is 2.81. The summed E-state index contributed by atoms with van der Waals surface area (Å²) >= 11 is 7.07. The molecule has 1 N–H and O–H groups in total. The van der Waals surface area contributed by atoms with Crippen LogP contribution in [0.2, 0.25) is 5.02 Å². The number of rotatable bonds is 4. The fraction of sp³-hybridized carbons (Fsp3) is 0.167. The Balaban J connectivity index is 1.98. The van der Waals surface area contributed by atoms with E-state index in [1.807, 2.05) is 13.8 Å². The highest BCUT2D eigenvalue weighted by Crippen LogP contribution is 2.28. The maximum absolute atomic E-state index is 12.4. The molecule has 0 radical (unpaired) electrons. The molecule has 0 aliphatic heterocycles. The van der Waals surface area contributed by atoms with E-state index in [0.29, 0.717) is 4.96 Å². The molecular formula is C12H10ClN5O4S2. The third-order valence-electron chi connectivity index (χ3n) is 3.30. The van der Waals surface area contributed by atoms with Crippen molar-refractivity contribution < 1.29 is 13.3 Å². The molecule has 9 nitrogen and oxygen atoms in total. The number of nitrogens with zero attached hydrogens (tertiary/aromatic N) is 4. The zero-order valence-electron chi connectivity index (χ0n) is 12.3. The highest BCUT2D eigenvalue weighted by molar-refractivity contribution is 7.92. The number of nitro benzene ring substituents is 1. The van der Waals surface area contributed by atoms with Gasteiger partial charge < -0.3 is 0 Å². The normalized spacial score (nSPS) is 11.8. The van der Waals surface area contributed by atoms with Crippen LogP contribution in [-0.4, -0.2) is 27.9 Å². The number of fused-ring (bicyclic) bond motifs is 1. The smallest absolute Gasteiger partial charge is 0.258 e. The summed E-state index contributed by atoms with van der Waals surface area (Å²) in [4.78, 5) is 15.5. The van der Waals surface area contributed by atoms with E-state index in [2.05, 4.69) is 14.8 Å². The fourth-order valence-electron chi connectivity index (χ4n) is 1.96. The average Bonchev–Trinajstić information content (AvgIpc) is 2.98. The van der Waals surface area contributed by atoms with Gasteiger partial charge in [-0.25, -0.2) is 17.7 Å². The minimum atomic E-state index is -4.08. The number of benzene rings is 1. The molecule has 12 heteroatoms. The summed E-state index contributed by atoms with van der Waals surface area (Å²) < 4.78 is 28.5. The zero-order valence-corrected chi connectivity index (χ0v) is 14.7. The van der Waals surface area contributed by atoms with Crippen molar-refractivity contribution in [2.75, 3.05) is 4.72 Å². The highest BCUT2D eigenvalue weighted by Gasteiger charge is 2.22. The van der Waals surface area contributed by atoms with Gasteiger partial charge in [-0.2, -0.15) is 4.98 Å². The summed E-state index contributed by atoms with van der Waals surface area (Å²) in [5.74, 6) is -0.109. The van der Waals surface area contributed by atoms with Crippen molar-refractivity contribution in [3.63, 3.8) is 0 Å². The van der Waals surface area contributed by atoms with E-state index in [0.717, 1.165) is 22.7 Å². The molecule has 0 aliphatic rings. The van der Waals surface area contributed by atoms with Crippen LogP contribution in [0.1, 0.15) is 10.6 Å². The lowest BCUT2D eigenvalue weighted by Crippen LogP contribution is -2.14. The second-order valence-electron chi connectivity index (χ2n) is 4.85. The molecule has 126 valence electrons. The van der Waals surface area contributed by atoms with Crippen molar-refractivity contribution >= 4 is 49.6 Å². The SMILES string of the molecule is Cc1sc2nc(NS(=O)(=O)c3ccc(Cl)c([N+](=O)[O-])c3)nn2c1C. The van der Waals surface area contributed by atoms with Crippen LogP contribution in [0.25, 0.3) is 4.96 Å². The van der Waals surface area contributed by atoms with Crippen molar-refractivity contribution in [2.45, 2.75) is 18.7 Å². The molecule has 0 fully saturated rings. The first-order valence-electron chi connectivity index (χ1n) is 6.48. The minimum absolute atomic E-state index is 0.109. The summed E-state index contributed by atoms with van der Waals surface area (Å²) in [7, 11) is -4.08. The van der Waals surface area contributed by atoms with Gasteiger partial charge in [0.15, 0.2) is 0 Å². The molecule has 0 aliphatic carbocycles. The molecule has 0 bridgehead atoms. The number of aryl methyl sites for hydroxylation is 2. The van der Waals surface area contributed by atoms with E-state index in [1.165, 1.54) is 21.9 Å². The van der Waals surface area contributed by atoms with Gasteiger partial charge in [0.1, 0.15) is 5.02 Å². The lowest BCUT2D eigenvalue weighted by molar-refractivity contribution is -0.384. The van der Waals surface area contributed by atoms with Crippen LogP contribution in [0.4, 0.5) is 11.6 Å². The van der Waals surface area contributed by atoms with Crippen LogP contribution in [0.3, 0.4) is 0 Å². The van der Waals surface area contributed by atoms with Crippen molar-refractivity contribution in [1.29, 1.82) is 0 Å². The van der Waals surface area contributed by atoms with Crippen molar-refractivity contribution in [1.82, 2.24) is 14.6 Å². The summed E-state index contributed by atoms with van der Waals surface area (Å²) in [5, 5.41) is 14.8. The summed E-state index contributed by atoms with van der Waals surface area (Å²) in [6, 6.07) is 3.21. The van der Waals surface area contributed by atoms with Crippen molar-refractivity contribution in [3.8, 4) is 0 Å². The van der Waals surface area contributed by atoms with Crippen LogP contribution in [0, 0.1) is 24.0 Å². The predicted molar refractivity (Wildman–Crippen MR) is 89.3 cm³/mol. The maximum Gasteiger partial charge on any atom is 0.289 e. The lowest BCUT2D eigenvalue weighted by atomic mass is 10.3. The van der Waals surface area contributed by atoms with E-state index in [1.54, 1.807) is 0 Å². The molecule has 1 aromatic carbocycles. The van der Waals surface area contributed by atoms with Gasteiger partial charge in [0.25, 0.3) is 21.7 Å². The predicted octanol–water partition coefficient (Wildman–Crippen LogP) is 2.77. The summed E-state index contributed by atoms with van der Waals surface area (Å²) in [6.45, 7) is 3.75. The molecule has 0 saturated carbocycles. The van der Waals surface area contributed by atoms with Gasteiger partial charge in [-0.15, -0.1) is 5.10 Å². The highest BCUT2D eigenvalue weighted by atomic mass is 35.5. The Kier molecular flexibility index (Phi) is 3.94. The Morgan fingerprint density at radius 1 is 1.38 bits per heavy atom. The van der Waals surface area contributed by atoms with Gasteiger partial charge in [0, 0.05) is 10.9 Å². The number of hydrogen-bond acceptors (Lipinski definition) is 7. The topological polar surface area (TPSA) is 120 Å². The standard InChI is InChI=1S/C12H10ClN5O4S2/c1-6-7(2)23-12-14-11(15-17(6)12)16-24(21,22)8-3-4-9(13)10(5-8)18(19)20/h3-5H,1-2H3,(H,15,16). The van der Waals surface area contributed by atoms with E-state index in [9.17, 15) is 18.5 Å². The minimum Gasteiger partial charge on any atom is -0.258 e. The van der Waals surface area contributed by atoms with E-state index in [-0.39, 0.29) is 15.9 Å². The molecular weight excluding hydrogens is 378 g/mol. The monoisotopic (exact) mass is 387 g/mol. The van der Waals surface area contributed by atoms with Gasteiger partial charge in [-0.05, 0) is 26.0 Å². The number of halogens is 1. The number of nitrogens with one attached hydrogen (secondary N) is 1. The molecule has 3 rings (SSSR count). The Labute approximate surface area is 145 Å². The maximum atomic E-state index is 12.4. The largest absolute Gasteiger partial charge is 0.289 e. The number of thiazole rings is 1. The van der Waals surface area contributed by atoms with E-state index >= 15 is 0 Å². The molecule has 24 heavy (non-hydrogen) atoms. The zero-order chi connectivity index (χ0) is 17.6. The number of sulfonamides is 1. The molecule has 2 aromatic heterocycles. The first-order valence-corrected chi connectivity index (χ1v) is 9.16. The van der Waals surface area contributed by atoms with Crippen LogP contribution in [0.5, 0.6) is 0 Å². The molecule has 3 aromatic rings. The number of nitro groups is 1. The quantitative estimate of drug-likeness (QED) is 0.543. The van der Waals surface area contributed by atoms with Crippen LogP contribution >= 0.6 is 22.9 Å². The number of aromatic nitrogens is 3. The van der Waals surface area contributed by atoms with Crippen molar-refractivity contribution in [3.05, 3.63) is 43.9 Å². The van der Waals surface area contributed by atoms with Gasteiger partial charge in [-0.1, -0.05) is 22.9 Å². The van der Waals surface area contributed by atoms with Crippen LogP contribution in [0.15, 0.2) is 23.1 Å². The number of anilines is 1. The molecule has 0 amide bonds. The second-order valence-corrected chi connectivity index (χ2v) is 8.12. The fourth-order valence-corrected chi connectivity index (χ4v) is 4.01. The second kappa shape index (κ2) is 5.69. The summed E-state index contributed by atoms with van der Waals surface area (Å²) in [5.41, 5.74) is 0.361. The van der Waals surface area contributed by atoms with Gasteiger partial charge in [-0.3, -0.25) is 10.1 Å². The Bertz CT molecular complexity index is 1070. The number of hydrogen-bond donors (Lipinski definition) is 1. The average molecular weight is 388 g/mol. The van der Waals surface area contributed by atoms with E-state index in [4.69, 9.17) is 11.6 Å². The molecule has 0 atom stereocenters. The molecule has 0 spiro atoms. The first-order chi connectivity index (χ1) is 11.2.